The van der Waals surface area contributed by atoms with Crippen molar-refractivity contribution >= 4 is 150 Å². The van der Waals surface area contributed by atoms with Crippen molar-refractivity contribution in [1.82, 2.24) is 88.0 Å². The Morgan fingerprint density at radius 3 is 1.64 bits per heavy atom. The number of nitrogens with zero attached hydrogens (tertiary/aromatic N) is 5. The maximum atomic E-state index is 15.7. The molecule has 708 valence electrons. The molecule has 2 aromatic heterocycles. The Kier molecular flexibility index (Phi) is 39.4. The van der Waals surface area contributed by atoms with Crippen LogP contribution in [0.15, 0.2) is 84.4 Å². The van der Waals surface area contributed by atoms with Crippen LogP contribution in [0.1, 0.15) is 127 Å². The molecule has 8 rings (SSSR count). The Labute approximate surface area is 759 Å². The average Bonchev–Trinajstić information content (AvgIpc) is 1.45. The van der Waals surface area contributed by atoms with Crippen molar-refractivity contribution < 1.29 is 102 Å². The summed E-state index contributed by atoms with van der Waals surface area (Å²) < 4.78 is 0.812. The number of nitrogens with two attached hydrogens (primary N) is 3. The van der Waals surface area contributed by atoms with Crippen molar-refractivity contribution in [3.05, 3.63) is 101 Å². The highest BCUT2D eigenvalue weighted by molar-refractivity contribution is 8.00. The minimum Gasteiger partial charge on any atom is -0.508 e. The normalized spacial score (nSPS) is 24.6. The van der Waals surface area contributed by atoms with Gasteiger partial charge in [-0.05, 0) is 116 Å². The molecule has 3 saturated heterocycles. The van der Waals surface area contributed by atoms with Crippen LogP contribution in [0.25, 0.3) is 21.0 Å². The summed E-state index contributed by atoms with van der Waals surface area (Å²) in [5.41, 5.74) is 18.8. The van der Waals surface area contributed by atoms with Gasteiger partial charge < -0.3 is 126 Å². The molecule has 14 atom stereocenters. The first kappa shape index (κ1) is 103. The number of guanidine groups is 1. The summed E-state index contributed by atoms with van der Waals surface area (Å²) in [5.74, 6) is -18.0. The number of primary amides is 2. The second-order valence-corrected chi connectivity index (χ2v) is 34.4. The smallest absolute Gasteiger partial charge is 0.246 e. The zero-order chi connectivity index (χ0) is 95.2. The van der Waals surface area contributed by atoms with Crippen molar-refractivity contribution in [2.45, 2.75) is 215 Å². The summed E-state index contributed by atoms with van der Waals surface area (Å²) >= 11 is 2.10. The van der Waals surface area contributed by atoms with Crippen molar-refractivity contribution in [3.8, 4) is 5.75 Å². The molecule has 0 radical (unpaired) electrons. The molecule has 0 bridgehead atoms. The molecule has 44 heteroatoms. The molecule has 3 aromatic carbocycles. The van der Waals surface area contributed by atoms with Crippen molar-refractivity contribution in [1.29, 1.82) is 5.41 Å². The number of unbranched alkanes of at least 4 members (excludes halogenated alkanes) is 2. The third kappa shape index (κ3) is 28.5. The lowest BCUT2D eigenvalue weighted by Crippen LogP contribution is -2.62. The number of aliphatic hydroxyl groups excluding tert-OH is 3. The first-order valence-electron chi connectivity index (χ1n) is 43.3. The fourth-order valence-corrected chi connectivity index (χ4v) is 17.6. The van der Waals surface area contributed by atoms with E-state index in [4.69, 9.17) is 22.6 Å². The highest BCUT2D eigenvalue weighted by Gasteiger charge is 2.45. The molecule has 3 fully saturated rings. The zero-order valence-electron chi connectivity index (χ0n) is 73.6. The predicted octanol–water partition coefficient (Wildman–Crippen LogP) is -3.80. The number of carbonyl (C=O) groups excluding carboxylic acids is 17. The number of phenols is 1. The number of thioether (sulfide) groups is 1. The zero-order valence-corrected chi connectivity index (χ0v) is 75.2. The van der Waals surface area contributed by atoms with Gasteiger partial charge in [-0.15, -0.1) is 23.1 Å². The minimum absolute atomic E-state index is 0.00186. The van der Waals surface area contributed by atoms with Gasteiger partial charge in [0.2, 0.25) is 100 Å². The molecule has 0 spiro atoms. The van der Waals surface area contributed by atoms with Gasteiger partial charge in [0.1, 0.15) is 90.3 Å². The van der Waals surface area contributed by atoms with Crippen LogP contribution in [0, 0.1) is 5.41 Å². The van der Waals surface area contributed by atoms with E-state index < -0.39 is 242 Å². The second kappa shape index (κ2) is 49.9. The molecule has 0 aliphatic carbocycles. The summed E-state index contributed by atoms with van der Waals surface area (Å²) in [6, 6.07) is -2.33. The Morgan fingerprint density at radius 1 is 0.508 bits per heavy atom. The quantitative estimate of drug-likeness (QED) is 0.0151. The predicted molar refractivity (Wildman–Crippen MR) is 479 cm³/mol. The van der Waals surface area contributed by atoms with Gasteiger partial charge >= 0.3 is 0 Å². The number of hydrogen-bond donors (Lipinski definition) is 20. The number of nitrogens with one attached hydrogen (secondary N) is 13. The molecule has 3 aliphatic rings. The van der Waals surface area contributed by atoms with Gasteiger partial charge in [-0.2, -0.15) is 0 Å². The Balaban J connectivity index is 1.17. The van der Waals surface area contributed by atoms with E-state index in [0.717, 1.165) is 41.0 Å². The second-order valence-electron chi connectivity index (χ2n) is 32.5. The van der Waals surface area contributed by atoms with E-state index in [1.54, 1.807) is 41.9 Å². The number of aromatic hydroxyl groups is 1. The van der Waals surface area contributed by atoms with E-state index in [1.807, 2.05) is 32.0 Å². The number of amides is 17. The number of thiophene rings is 1. The Hall–Kier alpha value is -12.6. The molecule has 42 nitrogen and oxygen atoms in total. The fourth-order valence-electron chi connectivity index (χ4n) is 15.7. The fraction of sp³-hybridized carbons (Fsp3) is 0.535. The molecule has 5 aromatic rings. The number of para-hydroxylation sites is 1. The van der Waals surface area contributed by atoms with E-state index >= 15 is 24.0 Å². The van der Waals surface area contributed by atoms with E-state index in [9.17, 15) is 78.0 Å². The van der Waals surface area contributed by atoms with Gasteiger partial charge in [-0.25, -0.2) is 0 Å². The van der Waals surface area contributed by atoms with Crippen LogP contribution < -0.4 is 75.7 Å². The molecule has 17 amide bonds. The topological polar surface area (TPSA) is 637 Å². The monoisotopic (exact) mass is 1850 g/mol. The van der Waals surface area contributed by atoms with E-state index in [1.165, 1.54) is 63.7 Å². The van der Waals surface area contributed by atoms with Gasteiger partial charge in [0.05, 0.1) is 31.9 Å². The first-order valence-corrected chi connectivity index (χ1v) is 45.3. The number of likely N-dealkylation sites (N-methyl/N-ethyl adjacent to an activating group) is 3. The molecule has 3 aliphatic heterocycles. The molecule has 130 heavy (non-hydrogen) atoms. The third-order valence-electron chi connectivity index (χ3n) is 23.1. The molecule has 23 N–H and O–H groups in total. The van der Waals surface area contributed by atoms with Gasteiger partial charge in [0, 0.05) is 94.2 Å². The molecule has 0 saturated carbocycles. The number of fused-ring (bicyclic) bond motifs is 4. The van der Waals surface area contributed by atoms with E-state index in [-0.39, 0.29) is 96.0 Å². The highest BCUT2D eigenvalue weighted by atomic mass is 32.2. The van der Waals surface area contributed by atoms with Crippen LogP contribution in [-0.2, 0) is 101 Å². The standard InChI is InChI=1S/C86H121N21O21S2/c1-7-9-22-64-78(121)95-55(21-15-32-91-86(89)90)74(117)102-63(73(116)93-41-70(88)113)45-129-46-71(114)94-58(36-48-27-29-51(111)30-28-48)81(124)103(4)47(3)72(115)98-60(39-69(87)112)84(127)107-34-17-25-66(107)80(123)101-62(43-110)76(119)96-56(31-35-108)83(126)106-33-16-24-65(106)79(122)97-57(37-49-40-92-54-20-13-11-18-52(49)54)75(118)100-61(42-109)77(120)99-59(38-50-44-130-68-26-14-12-19-53(50)68)82(125)105(6)67(23-10-8-2)85(128)104(64)5/h11-14,18-20,26-30,40,44,47,55-67,92,108-111H,7-10,15-17,21-25,31-39,41-43,45-46H2,1-6H3,(H2,87,112)(H2,88,113)(H,93,116)(H,94,114)(H,95,121)(H,96,119)(H,97,122)(H,98,115)(H,99,120)(H,100,118)(H,101,123)(H,102,117)(H4,89,90,91)/t47-,55-,56-,57-,58-,59-,60-,61-,62-,63?,64-,65-,66-,67-/m0/s1. The van der Waals surface area contributed by atoms with Crippen LogP contribution in [0.2, 0.25) is 0 Å². The number of H-pyrrole nitrogens is 1. The summed E-state index contributed by atoms with van der Waals surface area (Å²) in [4.78, 5) is 256. The number of phenolic OH excluding ortho intramolecular Hbond substituents is 1. The number of aliphatic hydroxyl groups is 3. The largest absolute Gasteiger partial charge is 0.508 e. The van der Waals surface area contributed by atoms with E-state index in [0.29, 0.717) is 58.7 Å². The Morgan fingerprint density at radius 2 is 1.03 bits per heavy atom. The summed E-state index contributed by atoms with van der Waals surface area (Å²) in [6.07, 6.45) is 1.21. The maximum Gasteiger partial charge on any atom is 0.246 e. The van der Waals surface area contributed by atoms with Gasteiger partial charge in [-0.3, -0.25) is 86.9 Å². The molecule has 1 unspecified atom stereocenters. The van der Waals surface area contributed by atoms with Gasteiger partial charge in [0.25, 0.3) is 0 Å². The van der Waals surface area contributed by atoms with Gasteiger partial charge in [0.15, 0.2) is 5.96 Å². The van der Waals surface area contributed by atoms with Crippen LogP contribution in [-0.4, -0.2) is 320 Å². The average molecular weight is 1850 g/mol. The number of aromatic nitrogens is 1. The number of aromatic amines is 1. The third-order valence-corrected chi connectivity index (χ3v) is 25.1. The van der Waals surface area contributed by atoms with Gasteiger partial charge in [-0.1, -0.05) is 88.1 Å². The molecular formula is C86H121N21O21S2. The van der Waals surface area contributed by atoms with Crippen LogP contribution in [0.3, 0.4) is 0 Å². The van der Waals surface area contributed by atoms with Crippen LogP contribution >= 0.6 is 23.1 Å². The summed E-state index contributed by atoms with van der Waals surface area (Å²) in [5, 5.41) is 81.7. The first-order chi connectivity index (χ1) is 62.0. The van der Waals surface area contributed by atoms with Crippen molar-refractivity contribution in [2.24, 2.45) is 17.2 Å². The van der Waals surface area contributed by atoms with E-state index in [2.05, 4.69) is 63.5 Å². The SMILES string of the molecule is CCCC[C@H]1C(=O)N(C)[C@@H](CCCC)C(=O)N[C@@H](CCCNC(=N)N)C(=O)NC(C(=O)NCC(N)=O)CSCC(=O)N[C@@H](Cc2ccc(O)cc2)C(=O)N(C)[C@@H](C)C(=O)N[C@@H](CC(N)=O)C(=O)N2CCC[C@H]2C(=O)N[C@@H](CO)C(=O)N[C@@H](CCO)C(=O)N2CCC[C@H]2C(=O)N[C@@H](Cc2c[nH]c3ccccc23)C(=O)N[C@@H](CO)C(=O)N[C@@H](Cc2csc3ccccc23)C(=O)N1C. The number of hydrogen-bond acceptors (Lipinski definition) is 24. The summed E-state index contributed by atoms with van der Waals surface area (Å²) in [6.45, 7) is 1.01. The lowest BCUT2D eigenvalue weighted by atomic mass is 10.00. The Bertz CT molecular complexity index is 4880. The highest BCUT2D eigenvalue weighted by Crippen LogP contribution is 2.30. The number of benzene rings is 3. The summed E-state index contributed by atoms with van der Waals surface area (Å²) in [7, 11) is 3.89. The maximum absolute atomic E-state index is 15.7. The van der Waals surface area contributed by atoms with Crippen molar-refractivity contribution in [3.63, 3.8) is 0 Å². The molecular weight excluding hydrogens is 1730 g/mol. The lowest BCUT2D eigenvalue weighted by molar-refractivity contribution is -0.149. The van der Waals surface area contributed by atoms with Crippen LogP contribution in [0.5, 0.6) is 5.75 Å². The minimum atomic E-state index is -1.86. The lowest BCUT2D eigenvalue weighted by Gasteiger charge is -2.36. The van der Waals surface area contributed by atoms with Crippen molar-refractivity contribution in [2.75, 3.05) is 78.6 Å². The number of rotatable bonds is 25. The molecule has 5 heterocycles. The van der Waals surface area contributed by atoms with Crippen LogP contribution in [0.4, 0.5) is 0 Å². The number of carbonyl (C=O) groups is 17.